The number of rotatable bonds is 3. The Labute approximate surface area is 126 Å². The van der Waals surface area contributed by atoms with Crippen molar-refractivity contribution in [1.82, 2.24) is 14.5 Å². The molecule has 7 heteroatoms. The molecule has 3 rings (SSSR count). The summed E-state index contributed by atoms with van der Waals surface area (Å²) in [5, 5.41) is 0.523. The summed E-state index contributed by atoms with van der Waals surface area (Å²) in [6, 6.07) is 8.88. The van der Waals surface area contributed by atoms with E-state index in [0.717, 1.165) is 5.69 Å². The van der Waals surface area contributed by atoms with Crippen LogP contribution in [0.25, 0.3) is 16.9 Å². The molecule has 6 nitrogen and oxygen atoms in total. The topological polar surface area (TPSA) is 75.2 Å². The van der Waals surface area contributed by atoms with Gasteiger partial charge in [-0.3, -0.25) is 4.57 Å². The van der Waals surface area contributed by atoms with E-state index in [4.69, 9.17) is 26.8 Å². The molecule has 3 aromatic rings. The number of hydrogen-bond donors (Lipinski definition) is 1. The van der Waals surface area contributed by atoms with Crippen LogP contribution in [-0.2, 0) is 0 Å². The third-order valence-corrected chi connectivity index (χ3v) is 3.42. The van der Waals surface area contributed by atoms with Gasteiger partial charge in [-0.15, -0.1) is 0 Å². The second kappa shape index (κ2) is 5.14. The molecule has 0 saturated heterocycles. The van der Waals surface area contributed by atoms with Crippen molar-refractivity contribution in [1.29, 1.82) is 0 Å². The maximum Gasteiger partial charge on any atom is 0.215 e. The van der Waals surface area contributed by atoms with Crippen molar-refractivity contribution in [2.75, 3.05) is 20.0 Å². The average Bonchev–Trinajstić information content (AvgIpc) is 2.82. The first-order chi connectivity index (χ1) is 10.1. The molecule has 1 aromatic carbocycles. The number of fused-ring (bicyclic) bond motifs is 1. The number of imidazole rings is 1. The molecule has 2 aromatic heterocycles. The quantitative estimate of drug-likeness (QED) is 0.805. The number of nitrogens with two attached hydrogens (primary N) is 1. The van der Waals surface area contributed by atoms with Crippen molar-refractivity contribution in [3.63, 3.8) is 0 Å². The molecule has 0 bridgehead atoms. The van der Waals surface area contributed by atoms with E-state index < -0.39 is 0 Å². The zero-order valence-corrected chi connectivity index (χ0v) is 12.3. The molecule has 0 atom stereocenters. The predicted octanol–water partition coefficient (Wildman–Crippen LogP) is 2.67. The average molecular weight is 305 g/mol. The molecule has 0 aliphatic rings. The van der Waals surface area contributed by atoms with Crippen LogP contribution in [0.15, 0.2) is 30.3 Å². The number of pyridine rings is 1. The summed E-state index contributed by atoms with van der Waals surface area (Å²) in [7, 11) is 3.12. The van der Waals surface area contributed by atoms with E-state index in [9.17, 15) is 0 Å². The third kappa shape index (κ3) is 2.23. The van der Waals surface area contributed by atoms with Gasteiger partial charge in [0.2, 0.25) is 11.8 Å². The minimum atomic E-state index is 0.329. The first-order valence-corrected chi connectivity index (χ1v) is 6.54. The van der Waals surface area contributed by atoms with E-state index in [-0.39, 0.29) is 0 Å². The van der Waals surface area contributed by atoms with Crippen LogP contribution in [0.4, 0.5) is 5.95 Å². The number of nitrogens with zero attached hydrogens (tertiary/aromatic N) is 3. The van der Waals surface area contributed by atoms with Gasteiger partial charge in [0.15, 0.2) is 5.65 Å². The maximum atomic E-state index is 6.05. The standard InChI is InChI=1S/C14H13ClN4O2/c1-20-11-7-8(3-4-9(11)15)19-13-10(17-14(19)16)5-6-12(18-13)21-2/h3-7H,1-2H3,(H2,16,17). The molecule has 2 N–H and O–H groups in total. The molecule has 0 radical (unpaired) electrons. The molecule has 0 spiro atoms. The van der Waals surface area contributed by atoms with E-state index in [1.165, 1.54) is 0 Å². The Morgan fingerprint density at radius 2 is 1.90 bits per heavy atom. The minimum Gasteiger partial charge on any atom is -0.495 e. The predicted molar refractivity (Wildman–Crippen MR) is 81.4 cm³/mol. The Kier molecular flexibility index (Phi) is 3.31. The van der Waals surface area contributed by atoms with Gasteiger partial charge in [0.1, 0.15) is 11.3 Å². The molecular formula is C14H13ClN4O2. The van der Waals surface area contributed by atoms with Gasteiger partial charge in [-0.2, -0.15) is 4.98 Å². The zero-order chi connectivity index (χ0) is 15.0. The van der Waals surface area contributed by atoms with Crippen LogP contribution in [0, 0.1) is 0 Å². The van der Waals surface area contributed by atoms with Gasteiger partial charge in [0.25, 0.3) is 0 Å². The molecule has 108 valence electrons. The van der Waals surface area contributed by atoms with Gasteiger partial charge >= 0.3 is 0 Å². The van der Waals surface area contributed by atoms with Crippen LogP contribution in [0.3, 0.4) is 0 Å². The zero-order valence-electron chi connectivity index (χ0n) is 11.5. The fourth-order valence-electron chi connectivity index (χ4n) is 2.11. The lowest BCUT2D eigenvalue weighted by atomic mass is 10.3. The Hall–Kier alpha value is -2.47. The molecule has 0 saturated carbocycles. The van der Waals surface area contributed by atoms with E-state index in [1.54, 1.807) is 43.1 Å². The van der Waals surface area contributed by atoms with Gasteiger partial charge in [-0.25, -0.2) is 4.98 Å². The van der Waals surface area contributed by atoms with Gasteiger partial charge in [-0.1, -0.05) is 11.6 Å². The summed E-state index contributed by atoms with van der Waals surface area (Å²) in [6.45, 7) is 0. The van der Waals surface area contributed by atoms with Crippen LogP contribution in [0.5, 0.6) is 11.6 Å². The first-order valence-electron chi connectivity index (χ1n) is 6.17. The number of benzene rings is 1. The summed E-state index contributed by atoms with van der Waals surface area (Å²) in [5.74, 6) is 1.37. The van der Waals surface area contributed by atoms with Crippen LogP contribution in [-0.4, -0.2) is 28.8 Å². The highest BCUT2D eigenvalue weighted by Gasteiger charge is 2.14. The monoisotopic (exact) mass is 304 g/mol. The second-order valence-electron chi connectivity index (χ2n) is 4.32. The van der Waals surface area contributed by atoms with Gasteiger partial charge in [0, 0.05) is 12.1 Å². The van der Waals surface area contributed by atoms with Crippen molar-refractivity contribution in [2.45, 2.75) is 0 Å². The van der Waals surface area contributed by atoms with Gasteiger partial charge in [-0.05, 0) is 18.2 Å². The lowest BCUT2D eigenvalue weighted by Crippen LogP contribution is -2.02. The van der Waals surface area contributed by atoms with Gasteiger partial charge in [0.05, 0.1) is 24.9 Å². The molecule has 21 heavy (non-hydrogen) atoms. The van der Waals surface area contributed by atoms with E-state index in [1.807, 2.05) is 6.07 Å². The smallest absolute Gasteiger partial charge is 0.215 e. The van der Waals surface area contributed by atoms with E-state index >= 15 is 0 Å². The first kappa shape index (κ1) is 13.5. The second-order valence-corrected chi connectivity index (χ2v) is 4.73. The summed E-state index contributed by atoms with van der Waals surface area (Å²) >= 11 is 6.05. The van der Waals surface area contributed by atoms with E-state index in [2.05, 4.69) is 9.97 Å². The molecule has 0 fully saturated rings. The van der Waals surface area contributed by atoms with Crippen LogP contribution in [0.2, 0.25) is 5.02 Å². The summed E-state index contributed by atoms with van der Waals surface area (Å²) in [4.78, 5) is 8.68. The highest BCUT2D eigenvalue weighted by molar-refractivity contribution is 6.32. The SMILES string of the molecule is COc1ccc2nc(N)n(-c3ccc(Cl)c(OC)c3)c2n1. The van der Waals surface area contributed by atoms with Crippen LogP contribution in [0.1, 0.15) is 0 Å². The summed E-state index contributed by atoms with van der Waals surface area (Å²) < 4.78 is 12.1. The number of methoxy groups -OCH3 is 2. The Morgan fingerprint density at radius 1 is 1.10 bits per heavy atom. The summed E-state index contributed by atoms with van der Waals surface area (Å²) in [5.41, 5.74) is 8.06. The van der Waals surface area contributed by atoms with Crippen molar-refractivity contribution in [2.24, 2.45) is 0 Å². The number of aromatic nitrogens is 3. The number of nitrogen functional groups attached to an aromatic ring is 1. The molecule has 0 aliphatic carbocycles. The highest BCUT2D eigenvalue weighted by Crippen LogP contribution is 2.30. The third-order valence-electron chi connectivity index (χ3n) is 3.11. The lowest BCUT2D eigenvalue weighted by molar-refractivity contribution is 0.399. The molecule has 2 heterocycles. The minimum absolute atomic E-state index is 0.329. The van der Waals surface area contributed by atoms with Crippen molar-refractivity contribution < 1.29 is 9.47 Å². The largest absolute Gasteiger partial charge is 0.495 e. The summed E-state index contributed by atoms with van der Waals surface area (Å²) in [6.07, 6.45) is 0. The van der Waals surface area contributed by atoms with Gasteiger partial charge < -0.3 is 15.2 Å². The Balaban J connectivity index is 2.26. The number of hydrogen-bond acceptors (Lipinski definition) is 5. The molecular weight excluding hydrogens is 292 g/mol. The lowest BCUT2D eigenvalue weighted by Gasteiger charge is -2.09. The number of anilines is 1. The van der Waals surface area contributed by atoms with Crippen molar-refractivity contribution in [3.05, 3.63) is 35.4 Å². The molecule has 0 unspecified atom stereocenters. The normalized spacial score (nSPS) is 10.8. The fourth-order valence-corrected chi connectivity index (χ4v) is 2.31. The van der Waals surface area contributed by atoms with Crippen molar-refractivity contribution in [3.8, 4) is 17.3 Å². The van der Waals surface area contributed by atoms with E-state index in [0.29, 0.717) is 33.8 Å². The fraction of sp³-hybridized carbons (Fsp3) is 0.143. The number of halogens is 1. The Bertz CT molecular complexity index is 816. The van der Waals surface area contributed by atoms with Crippen LogP contribution >= 0.6 is 11.6 Å². The Morgan fingerprint density at radius 3 is 2.62 bits per heavy atom. The molecule has 0 amide bonds. The van der Waals surface area contributed by atoms with Crippen LogP contribution < -0.4 is 15.2 Å². The van der Waals surface area contributed by atoms with Crippen molar-refractivity contribution >= 4 is 28.7 Å². The molecule has 0 aliphatic heterocycles. The maximum absolute atomic E-state index is 6.05. The highest BCUT2D eigenvalue weighted by atomic mass is 35.5. The number of ether oxygens (including phenoxy) is 2.